The smallest absolute Gasteiger partial charge is 0.350 e. The highest BCUT2D eigenvalue weighted by Gasteiger charge is 2.19. The van der Waals surface area contributed by atoms with Crippen molar-refractivity contribution in [3.8, 4) is 6.07 Å². The van der Waals surface area contributed by atoms with Gasteiger partial charge in [-0.25, -0.2) is 9.59 Å². The SMILES string of the molecule is CCCOC(=O)c1c(Cl)ccc(NC=C(C#N)C(=O)OC)c1Cl. The summed E-state index contributed by atoms with van der Waals surface area (Å²) < 4.78 is 9.47. The second kappa shape index (κ2) is 9.03. The van der Waals surface area contributed by atoms with E-state index in [0.29, 0.717) is 6.42 Å². The molecule has 1 aromatic carbocycles. The van der Waals surface area contributed by atoms with Crippen molar-refractivity contribution in [1.29, 1.82) is 5.26 Å². The number of ether oxygens (including phenoxy) is 2. The molecule has 0 saturated heterocycles. The van der Waals surface area contributed by atoms with Gasteiger partial charge in [-0.1, -0.05) is 30.1 Å². The molecule has 8 heteroatoms. The summed E-state index contributed by atoms with van der Waals surface area (Å²) >= 11 is 12.1. The summed E-state index contributed by atoms with van der Waals surface area (Å²) in [6.45, 7) is 2.10. The summed E-state index contributed by atoms with van der Waals surface area (Å²) in [5.74, 6) is -1.45. The molecule has 122 valence electrons. The zero-order chi connectivity index (χ0) is 17.4. The Balaban J connectivity index is 3.11. The second-order valence-corrected chi connectivity index (χ2v) is 5.01. The van der Waals surface area contributed by atoms with Crippen LogP contribution < -0.4 is 5.32 Å². The molecule has 0 aliphatic rings. The molecule has 1 N–H and O–H groups in total. The molecule has 0 unspecified atom stereocenters. The van der Waals surface area contributed by atoms with Gasteiger partial charge in [-0.05, 0) is 18.6 Å². The maximum atomic E-state index is 12.0. The van der Waals surface area contributed by atoms with Gasteiger partial charge in [0.2, 0.25) is 0 Å². The highest BCUT2D eigenvalue weighted by molar-refractivity contribution is 6.41. The Labute approximate surface area is 143 Å². The van der Waals surface area contributed by atoms with Crippen molar-refractivity contribution in [2.24, 2.45) is 0 Å². The third-order valence-electron chi connectivity index (χ3n) is 2.63. The van der Waals surface area contributed by atoms with E-state index < -0.39 is 11.9 Å². The Morgan fingerprint density at radius 3 is 2.65 bits per heavy atom. The molecule has 0 saturated carbocycles. The van der Waals surface area contributed by atoms with Gasteiger partial charge in [0.05, 0.1) is 35.0 Å². The van der Waals surface area contributed by atoms with E-state index in [1.54, 1.807) is 6.07 Å². The largest absolute Gasteiger partial charge is 0.465 e. The number of hydrogen-bond acceptors (Lipinski definition) is 6. The molecule has 0 spiro atoms. The predicted molar refractivity (Wildman–Crippen MR) is 86.4 cm³/mol. The predicted octanol–water partition coefficient (Wildman–Crippen LogP) is 3.55. The van der Waals surface area contributed by atoms with Crippen molar-refractivity contribution >= 4 is 40.8 Å². The van der Waals surface area contributed by atoms with Crippen LogP contribution >= 0.6 is 23.2 Å². The number of carbonyl (C=O) groups excluding carboxylic acids is 2. The van der Waals surface area contributed by atoms with E-state index in [2.05, 4.69) is 10.1 Å². The van der Waals surface area contributed by atoms with Gasteiger partial charge in [-0.2, -0.15) is 5.26 Å². The van der Waals surface area contributed by atoms with Crippen LogP contribution in [0.5, 0.6) is 0 Å². The highest BCUT2D eigenvalue weighted by atomic mass is 35.5. The highest BCUT2D eigenvalue weighted by Crippen LogP contribution is 2.32. The number of halogens is 2. The number of benzene rings is 1. The topological polar surface area (TPSA) is 88.4 Å². The Hall–Kier alpha value is -2.23. The zero-order valence-corrected chi connectivity index (χ0v) is 14.0. The minimum absolute atomic E-state index is 0.0109. The summed E-state index contributed by atoms with van der Waals surface area (Å²) in [6, 6.07) is 4.64. The van der Waals surface area contributed by atoms with Gasteiger partial charge in [0.15, 0.2) is 5.57 Å². The molecule has 0 fully saturated rings. The second-order valence-electron chi connectivity index (χ2n) is 4.23. The molecule has 23 heavy (non-hydrogen) atoms. The minimum atomic E-state index is -0.798. The fraction of sp³-hybridized carbons (Fsp3) is 0.267. The molecule has 0 aliphatic carbocycles. The Kier molecular flexibility index (Phi) is 7.39. The number of nitrogens with one attached hydrogen (secondary N) is 1. The van der Waals surface area contributed by atoms with Crippen LogP contribution in [0.25, 0.3) is 0 Å². The molecule has 0 heterocycles. The molecular formula is C15H14Cl2N2O4. The van der Waals surface area contributed by atoms with E-state index >= 15 is 0 Å². The van der Waals surface area contributed by atoms with Crippen LogP contribution in [0.15, 0.2) is 23.9 Å². The van der Waals surface area contributed by atoms with Crippen LogP contribution in [0.3, 0.4) is 0 Å². The summed E-state index contributed by atoms with van der Waals surface area (Å²) in [4.78, 5) is 23.3. The lowest BCUT2D eigenvalue weighted by atomic mass is 10.2. The average molecular weight is 357 g/mol. The number of carbonyl (C=O) groups is 2. The van der Waals surface area contributed by atoms with Crippen molar-refractivity contribution in [1.82, 2.24) is 0 Å². The first-order chi connectivity index (χ1) is 11.0. The number of methoxy groups -OCH3 is 1. The number of nitrogens with zero attached hydrogens (tertiary/aromatic N) is 1. The van der Waals surface area contributed by atoms with E-state index in [0.717, 1.165) is 13.3 Å². The summed E-state index contributed by atoms with van der Waals surface area (Å²) in [6.07, 6.45) is 1.79. The van der Waals surface area contributed by atoms with E-state index in [4.69, 9.17) is 33.2 Å². The first-order valence-electron chi connectivity index (χ1n) is 6.56. The lowest BCUT2D eigenvalue weighted by Crippen LogP contribution is -2.09. The van der Waals surface area contributed by atoms with E-state index in [-0.39, 0.29) is 33.5 Å². The lowest BCUT2D eigenvalue weighted by molar-refractivity contribution is -0.135. The molecule has 0 atom stereocenters. The summed E-state index contributed by atoms with van der Waals surface area (Å²) in [5.41, 5.74) is 0.0431. The zero-order valence-electron chi connectivity index (χ0n) is 12.5. The van der Waals surface area contributed by atoms with E-state index in [9.17, 15) is 9.59 Å². The average Bonchev–Trinajstić information content (AvgIpc) is 2.54. The normalized spacial score (nSPS) is 10.7. The Bertz CT molecular complexity index is 681. The third-order valence-corrected chi connectivity index (χ3v) is 3.34. The van der Waals surface area contributed by atoms with Gasteiger partial charge in [0.25, 0.3) is 0 Å². The third kappa shape index (κ3) is 4.88. The fourth-order valence-corrected chi connectivity index (χ4v) is 2.09. The molecule has 0 amide bonds. The van der Waals surface area contributed by atoms with Crippen molar-refractivity contribution < 1.29 is 19.1 Å². The Morgan fingerprint density at radius 2 is 2.09 bits per heavy atom. The van der Waals surface area contributed by atoms with Crippen molar-refractivity contribution in [2.75, 3.05) is 19.0 Å². The van der Waals surface area contributed by atoms with Crippen molar-refractivity contribution in [2.45, 2.75) is 13.3 Å². The van der Waals surface area contributed by atoms with Crippen molar-refractivity contribution in [3.05, 3.63) is 39.5 Å². The van der Waals surface area contributed by atoms with Crippen LogP contribution in [0, 0.1) is 11.3 Å². The molecule has 0 bridgehead atoms. The quantitative estimate of drug-likeness (QED) is 0.476. The number of nitriles is 1. The standard InChI is InChI=1S/C15H14Cl2N2O4/c1-3-6-23-15(21)12-10(16)4-5-11(13(12)17)19-8-9(7-18)14(20)22-2/h4-5,8,19H,3,6H2,1-2H3. The molecule has 0 aromatic heterocycles. The number of rotatable bonds is 6. The first kappa shape index (κ1) is 18.8. The van der Waals surface area contributed by atoms with Crippen LogP contribution in [0.2, 0.25) is 10.0 Å². The van der Waals surface area contributed by atoms with Gasteiger partial charge < -0.3 is 14.8 Å². The van der Waals surface area contributed by atoms with Crippen LogP contribution in [0.4, 0.5) is 5.69 Å². The molecule has 0 radical (unpaired) electrons. The van der Waals surface area contributed by atoms with Crippen molar-refractivity contribution in [3.63, 3.8) is 0 Å². The fourth-order valence-electron chi connectivity index (χ4n) is 1.51. The van der Waals surface area contributed by atoms with Gasteiger partial charge >= 0.3 is 11.9 Å². The summed E-state index contributed by atoms with van der Waals surface area (Å²) in [7, 11) is 1.16. The molecule has 1 rings (SSSR count). The number of anilines is 1. The molecule has 1 aromatic rings. The maximum Gasteiger partial charge on any atom is 0.350 e. The molecule has 0 aliphatic heterocycles. The summed E-state index contributed by atoms with van der Waals surface area (Å²) in [5, 5.41) is 11.7. The number of hydrogen-bond donors (Lipinski definition) is 1. The van der Waals surface area contributed by atoms with Gasteiger partial charge in [-0.3, -0.25) is 0 Å². The van der Waals surface area contributed by atoms with Crippen LogP contribution in [0.1, 0.15) is 23.7 Å². The first-order valence-corrected chi connectivity index (χ1v) is 7.32. The monoisotopic (exact) mass is 356 g/mol. The molecular weight excluding hydrogens is 343 g/mol. The van der Waals surface area contributed by atoms with Crippen LogP contribution in [-0.2, 0) is 14.3 Å². The van der Waals surface area contributed by atoms with Gasteiger partial charge in [0.1, 0.15) is 6.07 Å². The van der Waals surface area contributed by atoms with Crippen LogP contribution in [-0.4, -0.2) is 25.7 Å². The number of esters is 2. The van der Waals surface area contributed by atoms with E-state index in [1.807, 2.05) is 6.92 Å². The maximum absolute atomic E-state index is 12.0. The van der Waals surface area contributed by atoms with Gasteiger partial charge in [-0.15, -0.1) is 0 Å². The van der Waals surface area contributed by atoms with E-state index in [1.165, 1.54) is 12.1 Å². The Morgan fingerprint density at radius 1 is 1.39 bits per heavy atom. The molecule has 6 nitrogen and oxygen atoms in total. The lowest BCUT2D eigenvalue weighted by Gasteiger charge is -2.11. The van der Waals surface area contributed by atoms with Gasteiger partial charge in [0, 0.05) is 6.20 Å². The minimum Gasteiger partial charge on any atom is -0.465 e.